The number of methoxy groups -OCH3 is 2. The van der Waals surface area contributed by atoms with Gasteiger partial charge in [-0.3, -0.25) is 4.79 Å². The Hall–Kier alpha value is -3.61. The Bertz CT molecular complexity index is 928. The van der Waals surface area contributed by atoms with Gasteiger partial charge in [0.25, 0.3) is 5.91 Å². The lowest BCUT2D eigenvalue weighted by atomic mass is 10.1. The summed E-state index contributed by atoms with van der Waals surface area (Å²) in [4.78, 5) is 20.7. The second-order valence-electron chi connectivity index (χ2n) is 6.31. The Balaban J connectivity index is 1.48. The third-order valence-corrected chi connectivity index (χ3v) is 4.40. The van der Waals surface area contributed by atoms with Crippen molar-refractivity contribution in [3.63, 3.8) is 0 Å². The van der Waals surface area contributed by atoms with Crippen LogP contribution in [-0.2, 0) is 13.0 Å². The van der Waals surface area contributed by atoms with E-state index in [2.05, 4.69) is 20.6 Å². The number of nitrogens with zero attached hydrogens (tertiary/aromatic N) is 2. The lowest BCUT2D eigenvalue weighted by Gasteiger charge is -2.10. The predicted octanol–water partition coefficient (Wildman–Crippen LogP) is 3.08. The Kier molecular flexibility index (Phi) is 7.00. The van der Waals surface area contributed by atoms with Crippen molar-refractivity contribution in [3.8, 4) is 11.5 Å². The number of hydrogen-bond donors (Lipinski definition) is 2. The van der Waals surface area contributed by atoms with Crippen LogP contribution in [0.4, 0.5) is 5.82 Å². The summed E-state index contributed by atoms with van der Waals surface area (Å²) in [7, 11) is 3.27. The van der Waals surface area contributed by atoms with Crippen LogP contribution in [0.25, 0.3) is 0 Å². The van der Waals surface area contributed by atoms with Crippen LogP contribution >= 0.6 is 0 Å². The van der Waals surface area contributed by atoms with Crippen molar-refractivity contribution in [2.24, 2.45) is 0 Å². The van der Waals surface area contributed by atoms with E-state index in [1.165, 1.54) is 6.20 Å². The lowest BCUT2D eigenvalue weighted by molar-refractivity contribution is 0.0949. The first-order valence-corrected chi connectivity index (χ1v) is 9.28. The largest absolute Gasteiger partial charge is 0.497 e. The van der Waals surface area contributed by atoms with Gasteiger partial charge in [0.05, 0.1) is 26.6 Å². The SMILES string of the molecule is COc1ccc(CCNC(=O)c2cnc(NCc3ccccc3OC)cn2)cc1. The van der Waals surface area contributed by atoms with E-state index in [0.717, 1.165) is 29.0 Å². The van der Waals surface area contributed by atoms with Gasteiger partial charge in [0.2, 0.25) is 0 Å². The standard InChI is InChI=1S/C22H24N4O3/c1-28-18-9-7-16(8-10-18)11-12-23-22(27)19-14-26-21(15-24-19)25-13-17-5-3-4-6-20(17)29-2/h3-10,14-15H,11-13H2,1-2H3,(H,23,27)(H,25,26). The smallest absolute Gasteiger partial charge is 0.271 e. The van der Waals surface area contributed by atoms with Crippen LogP contribution in [0.2, 0.25) is 0 Å². The molecular weight excluding hydrogens is 368 g/mol. The van der Waals surface area contributed by atoms with Crippen LogP contribution in [0.3, 0.4) is 0 Å². The van der Waals surface area contributed by atoms with Gasteiger partial charge in [-0.2, -0.15) is 0 Å². The molecule has 0 aliphatic heterocycles. The van der Waals surface area contributed by atoms with E-state index in [0.29, 0.717) is 18.9 Å². The zero-order chi connectivity index (χ0) is 20.5. The molecule has 7 heteroatoms. The predicted molar refractivity (Wildman–Crippen MR) is 111 cm³/mol. The number of aromatic nitrogens is 2. The van der Waals surface area contributed by atoms with E-state index < -0.39 is 0 Å². The van der Waals surface area contributed by atoms with Gasteiger partial charge in [0.1, 0.15) is 23.0 Å². The summed E-state index contributed by atoms with van der Waals surface area (Å²) in [6, 6.07) is 15.5. The molecule has 1 amide bonds. The number of carbonyl (C=O) groups is 1. The first-order valence-electron chi connectivity index (χ1n) is 9.28. The third-order valence-electron chi connectivity index (χ3n) is 4.40. The van der Waals surface area contributed by atoms with Gasteiger partial charge in [-0.05, 0) is 30.2 Å². The second-order valence-corrected chi connectivity index (χ2v) is 6.31. The van der Waals surface area contributed by atoms with Gasteiger partial charge in [-0.15, -0.1) is 0 Å². The quantitative estimate of drug-likeness (QED) is 0.582. The van der Waals surface area contributed by atoms with Gasteiger partial charge in [-0.25, -0.2) is 9.97 Å². The van der Waals surface area contributed by atoms with Crippen molar-refractivity contribution in [3.05, 3.63) is 77.7 Å². The normalized spacial score (nSPS) is 10.3. The fourth-order valence-electron chi connectivity index (χ4n) is 2.77. The molecule has 0 spiro atoms. The Morgan fingerprint density at radius 1 is 0.966 bits per heavy atom. The molecule has 2 aromatic carbocycles. The van der Waals surface area contributed by atoms with Gasteiger partial charge in [0, 0.05) is 18.7 Å². The maximum Gasteiger partial charge on any atom is 0.271 e. The highest BCUT2D eigenvalue weighted by Crippen LogP contribution is 2.18. The third kappa shape index (κ3) is 5.68. The summed E-state index contributed by atoms with van der Waals surface area (Å²) < 4.78 is 10.5. The minimum absolute atomic E-state index is 0.248. The zero-order valence-electron chi connectivity index (χ0n) is 16.5. The highest BCUT2D eigenvalue weighted by Gasteiger charge is 2.08. The molecule has 1 heterocycles. The average Bonchev–Trinajstić information content (AvgIpc) is 2.78. The Labute approximate surface area is 170 Å². The number of carbonyl (C=O) groups excluding carboxylic acids is 1. The van der Waals surface area contributed by atoms with Crippen molar-refractivity contribution < 1.29 is 14.3 Å². The number of ether oxygens (including phenoxy) is 2. The fourth-order valence-corrected chi connectivity index (χ4v) is 2.77. The van der Waals surface area contributed by atoms with Crippen molar-refractivity contribution in [1.82, 2.24) is 15.3 Å². The molecule has 0 atom stereocenters. The molecule has 0 aliphatic carbocycles. The summed E-state index contributed by atoms with van der Waals surface area (Å²) in [6.45, 7) is 1.06. The van der Waals surface area contributed by atoms with Crippen molar-refractivity contribution in [2.45, 2.75) is 13.0 Å². The van der Waals surface area contributed by atoms with Crippen molar-refractivity contribution >= 4 is 11.7 Å². The fraction of sp³-hybridized carbons (Fsp3) is 0.227. The van der Waals surface area contributed by atoms with E-state index in [9.17, 15) is 4.79 Å². The zero-order valence-corrected chi connectivity index (χ0v) is 16.5. The second kappa shape index (κ2) is 10.1. The number of benzene rings is 2. The molecule has 1 aromatic heterocycles. The average molecular weight is 392 g/mol. The van der Waals surface area contributed by atoms with Crippen LogP contribution in [-0.4, -0.2) is 36.6 Å². The number of rotatable bonds is 9. The first kappa shape index (κ1) is 20.1. The maximum atomic E-state index is 12.2. The Morgan fingerprint density at radius 2 is 1.76 bits per heavy atom. The molecule has 150 valence electrons. The van der Waals surface area contributed by atoms with E-state index in [4.69, 9.17) is 9.47 Å². The van der Waals surface area contributed by atoms with Gasteiger partial charge in [-0.1, -0.05) is 30.3 Å². The molecule has 0 bridgehead atoms. The molecule has 7 nitrogen and oxygen atoms in total. The summed E-state index contributed by atoms with van der Waals surface area (Å²) in [5.74, 6) is 1.96. The molecular formula is C22H24N4O3. The molecule has 0 saturated heterocycles. The van der Waals surface area contributed by atoms with Crippen molar-refractivity contribution in [1.29, 1.82) is 0 Å². The summed E-state index contributed by atoms with van der Waals surface area (Å²) >= 11 is 0. The van der Waals surface area contributed by atoms with Gasteiger partial charge >= 0.3 is 0 Å². The number of para-hydroxylation sites is 1. The Morgan fingerprint density at radius 3 is 2.45 bits per heavy atom. The van der Waals surface area contributed by atoms with E-state index in [-0.39, 0.29) is 11.6 Å². The molecule has 0 unspecified atom stereocenters. The van der Waals surface area contributed by atoms with Crippen LogP contribution in [0.5, 0.6) is 11.5 Å². The summed E-state index contributed by atoms with van der Waals surface area (Å²) in [5, 5.41) is 6.04. The lowest BCUT2D eigenvalue weighted by Crippen LogP contribution is -2.26. The number of hydrogen-bond acceptors (Lipinski definition) is 6. The maximum absolute atomic E-state index is 12.2. The molecule has 3 rings (SSSR count). The molecule has 2 N–H and O–H groups in total. The number of anilines is 1. The molecule has 0 saturated carbocycles. The topological polar surface area (TPSA) is 85.4 Å². The van der Waals surface area contributed by atoms with Crippen LogP contribution < -0.4 is 20.1 Å². The van der Waals surface area contributed by atoms with Gasteiger partial charge in [0.15, 0.2) is 0 Å². The first-order chi connectivity index (χ1) is 14.2. The molecule has 0 radical (unpaired) electrons. The summed E-state index contributed by atoms with van der Waals surface area (Å²) in [6.07, 6.45) is 3.74. The number of amides is 1. The summed E-state index contributed by atoms with van der Waals surface area (Å²) in [5.41, 5.74) is 2.41. The molecule has 0 fully saturated rings. The minimum atomic E-state index is -0.248. The minimum Gasteiger partial charge on any atom is -0.497 e. The monoisotopic (exact) mass is 392 g/mol. The molecule has 0 aliphatic rings. The van der Waals surface area contributed by atoms with Crippen molar-refractivity contribution in [2.75, 3.05) is 26.1 Å². The van der Waals surface area contributed by atoms with E-state index in [1.807, 2.05) is 48.5 Å². The van der Waals surface area contributed by atoms with Crippen LogP contribution in [0, 0.1) is 0 Å². The van der Waals surface area contributed by atoms with Crippen LogP contribution in [0.1, 0.15) is 21.6 Å². The highest BCUT2D eigenvalue weighted by atomic mass is 16.5. The van der Waals surface area contributed by atoms with E-state index >= 15 is 0 Å². The molecule has 3 aromatic rings. The highest BCUT2D eigenvalue weighted by molar-refractivity contribution is 5.92. The van der Waals surface area contributed by atoms with E-state index in [1.54, 1.807) is 20.4 Å². The molecule has 29 heavy (non-hydrogen) atoms. The van der Waals surface area contributed by atoms with Gasteiger partial charge < -0.3 is 20.1 Å². The van der Waals surface area contributed by atoms with Crippen LogP contribution in [0.15, 0.2) is 60.9 Å². The number of nitrogens with one attached hydrogen (secondary N) is 2.